The van der Waals surface area contributed by atoms with Gasteiger partial charge in [-0.15, -0.1) is 0 Å². The van der Waals surface area contributed by atoms with Crippen molar-refractivity contribution in [3.63, 3.8) is 0 Å². The highest BCUT2D eigenvalue weighted by Crippen LogP contribution is 2.44. The zero-order chi connectivity index (χ0) is 44.8. The van der Waals surface area contributed by atoms with E-state index in [4.69, 9.17) is 16.3 Å². The normalized spacial score (nSPS) is 19.7. The number of nitro groups is 1. The minimum Gasteiger partial charge on any atom is -0.455 e. The number of aromatic nitrogens is 2. The first-order chi connectivity index (χ1) is 30.7. The molecule has 3 N–H and O–H groups in total. The number of pyridine rings is 1. The Hall–Kier alpha value is -5.52. The summed E-state index contributed by atoms with van der Waals surface area (Å²) in [4.78, 5) is 42.2. The minimum atomic E-state index is -4.57. The van der Waals surface area contributed by atoms with Gasteiger partial charge in [-0.3, -0.25) is 24.7 Å². The van der Waals surface area contributed by atoms with Crippen LogP contribution < -0.4 is 19.7 Å². The van der Waals surface area contributed by atoms with Crippen LogP contribution in [0.1, 0.15) is 54.6 Å². The molecular weight excluding hydrogens is 854 g/mol. The second kappa shape index (κ2) is 17.8. The van der Waals surface area contributed by atoms with Gasteiger partial charge in [0.1, 0.15) is 22.8 Å². The first kappa shape index (κ1) is 43.7. The highest BCUT2D eigenvalue weighted by molar-refractivity contribution is 7.90. The summed E-state index contributed by atoms with van der Waals surface area (Å²) in [5.74, 6) is -0.432. The molecule has 3 aromatic carbocycles. The van der Waals surface area contributed by atoms with E-state index in [-0.39, 0.29) is 33.4 Å². The molecule has 4 aliphatic rings. The fourth-order valence-electron chi connectivity index (χ4n) is 9.47. The van der Waals surface area contributed by atoms with Crippen LogP contribution in [-0.2, 0) is 16.4 Å². The maximum atomic E-state index is 14.1. The molecule has 5 aromatic rings. The van der Waals surface area contributed by atoms with Gasteiger partial charge < -0.3 is 24.8 Å². The number of rotatable bonds is 12. The van der Waals surface area contributed by atoms with E-state index in [9.17, 15) is 23.3 Å². The fourth-order valence-corrected chi connectivity index (χ4v) is 10.6. The van der Waals surface area contributed by atoms with E-state index in [2.05, 4.69) is 72.6 Å². The van der Waals surface area contributed by atoms with Crippen LogP contribution in [-0.4, -0.2) is 122 Å². The average Bonchev–Trinajstić information content (AvgIpc) is 3.91. The average molecular weight is 909 g/mol. The van der Waals surface area contributed by atoms with Crippen LogP contribution in [0.2, 0.25) is 5.02 Å². The lowest BCUT2D eigenvalue weighted by molar-refractivity contribution is -0.384. The molecule has 2 fully saturated rings. The van der Waals surface area contributed by atoms with Crippen LogP contribution >= 0.6 is 11.6 Å². The van der Waals surface area contributed by atoms with Crippen molar-refractivity contribution >= 4 is 61.2 Å². The lowest BCUT2D eigenvalue weighted by Crippen LogP contribution is -2.47. The van der Waals surface area contributed by atoms with Crippen molar-refractivity contribution in [3.8, 4) is 11.5 Å². The Morgan fingerprint density at radius 3 is 2.48 bits per heavy atom. The quantitative estimate of drug-likeness (QED) is 0.0839. The first-order valence-corrected chi connectivity index (χ1v) is 23.8. The predicted molar refractivity (Wildman–Crippen MR) is 250 cm³/mol. The molecule has 0 unspecified atom stereocenters. The molecule has 2 aromatic heterocycles. The molecule has 1 aliphatic carbocycles. The number of carbonyl (C=O) groups is 1. The van der Waals surface area contributed by atoms with E-state index in [0.29, 0.717) is 35.6 Å². The first-order valence-electron chi connectivity index (χ1n) is 21.9. The molecule has 3 aliphatic heterocycles. The van der Waals surface area contributed by atoms with Gasteiger partial charge in [-0.1, -0.05) is 43.2 Å². The Balaban J connectivity index is 0.936. The summed E-state index contributed by atoms with van der Waals surface area (Å²) in [6, 6.07) is 19.3. The number of hydrogen-bond donors (Lipinski definition) is 3. The van der Waals surface area contributed by atoms with Crippen LogP contribution in [0.5, 0.6) is 11.5 Å². The van der Waals surface area contributed by atoms with Crippen LogP contribution in [0, 0.1) is 15.5 Å². The monoisotopic (exact) mass is 907 g/mol. The maximum Gasteiger partial charge on any atom is 0.293 e. The number of amides is 1. The number of piperazine rings is 2. The number of halogens is 1. The van der Waals surface area contributed by atoms with Crippen molar-refractivity contribution in [2.45, 2.75) is 50.5 Å². The van der Waals surface area contributed by atoms with E-state index in [1.165, 1.54) is 29.0 Å². The second-order valence-electron chi connectivity index (χ2n) is 18.4. The number of sulfonamides is 1. The Bertz CT molecular complexity index is 2720. The SMILES string of the molecule is CN1CCN(C[C@@H]2Cc3cc(S(=O)(=O)NC(=O)c4ccc(N5CCN(CC6=C(c7ccc(Cl)cc7)CC(C)(C)CC6)CC5)cc4Oc4cnc5[nH]ccc5c4)cc([N+](=O)[O-])c3N2)CC1. The van der Waals surface area contributed by atoms with Crippen molar-refractivity contribution in [1.82, 2.24) is 29.4 Å². The molecule has 0 bridgehead atoms. The van der Waals surface area contributed by atoms with Crippen molar-refractivity contribution in [2.75, 3.05) is 82.7 Å². The van der Waals surface area contributed by atoms with E-state index in [1.54, 1.807) is 30.5 Å². The summed E-state index contributed by atoms with van der Waals surface area (Å²) in [5.41, 5.74) is 6.28. The molecule has 64 heavy (non-hydrogen) atoms. The fraction of sp³-hybridized carbons (Fsp3) is 0.404. The van der Waals surface area contributed by atoms with Gasteiger partial charge in [-0.05, 0) is 97.3 Å². The molecule has 17 heteroatoms. The highest BCUT2D eigenvalue weighted by Gasteiger charge is 2.34. The number of aromatic amines is 1. The standard InChI is InChI=1S/C47H54ClN9O6S/c1-47(2)12-10-33(41(27-47)31-4-6-35(48)7-5-31)29-54-18-20-56(21-19-54)37-8-9-40(43(25-37)63-38-23-32-11-13-49-45(32)50-28-38)46(58)52-64(61,62)39-24-34-22-36(30-55-16-14-53(3)15-17-55)51-44(34)42(26-39)57(59)60/h4-9,11,13,23-26,28,36,51H,10,12,14-22,27,29-30H2,1-3H3,(H,49,50)(H,52,58)/t36-/m0/s1. The number of ether oxygens (including phenoxy) is 1. The number of anilines is 2. The zero-order valence-corrected chi connectivity index (χ0v) is 38.0. The summed E-state index contributed by atoms with van der Waals surface area (Å²) < 4.78 is 36.5. The van der Waals surface area contributed by atoms with Gasteiger partial charge in [0.25, 0.3) is 21.6 Å². The molecule has 5 heterocycles. The van der Waals surface area contributed by atoms with Crippen LogP contribution in [0.15, 0.2) is 89.6 Å². The molecular formula is C47H54ClN9O6S. The van der Waals surface area contributed by atoms with Crippen molar-refractivity contribution < 1.29 is 22.9 Å². The van der Waals surface area contributed by atoms with Crippen molar-refractivity contribution in [1.29, 1.82) is 0 Å². The lowest BCUT2D eigenvalue weighted by atomic mass is 9.72. The largest absolute Gasteiger partial charge is 0.455 e. The summed E-state index contributed by atoms with van der Waals surface area (Å²) in [5, 5.41) is 17.1. The molecule has 1 amide bonds. The van der Waals surface area contributed by atoms with Crippen molar-refractivity contribution in [3.05, 3.63) is 117 Å². The Kier molecular flexibility index (Phi) is 12.2. The topological polar surface area (TPSA) is 169 Å². The second-order valence-corrected chi connectivity index (χ2v) is 20.5. The predicted octanol–water partition coefficient (Wildman–Crippen LogP) is 7.41. The number of fused-ring (bicyclic) bond motifs is 2. The number of nitrogens with zero attached hydrogens (tertiary/aromatic N) is 6. The molecule has 2 saturated heterocycles. The molecule has 0 spiro atoms. The molecule has 1 atom stereocenters. The lowest BCUT2D eigenvalue weighted by Gasteiger charge is -2.39. The van der Waals surface area contributed by atoms with Gasteiger partial charge in [-0.25, -0.2) is 18.1 Å². The molecule has 336 valence electrons. The van der Waals surface area contributed by atoms with E-state index >= 15 is 0 Å². The summed E-state index contributed by atoms with van der Waals surface area (Å²) in [6.07, 6.45) is 6.92. The van der Waals surface area contributed by atoms with Gasteiger partial charge in [-0.2, -0.15) is 0 Å². The number of nitrogens with one attached hydrogen (secondary N) is 3. The number of allylic oxidation sites excluding steroid dienone is 1. The summed E-state index contributed by atoms with van der Waals surface area (Å²) in [6.45, 7) is 13.0. The number of hydrogen-bond acceptors (Lipinski definition) is 12. The van der Waals surface area contributed by atoms with Crippen molar-refractivity contribution in [2.24, 2.45) is 5.41 Å². The molecule has 0 radical (unpaired) electrons. The molecule has 9 rings (SSSR count). The van der Waals surface area contributed by atoms with Gasteiger partial charge in [0.15, 0.2) is 0 Å². The smallest absolute Gasteiger partial charge is 0.293 e. The number of likely N-dealkylation sites (N-methyl/N-ethyl adjacent to an activating group) is 1. The third kappa shape index (κ3) is 9.61. The van der Waals surface area contributed by atoms with Crippen LogP contribution in [0.3, 0.4) is 0 Å². The van der Waals surface area contributed by atoms with Gasteiger partial charge >= 0.3 is 0 Å². The Labute approximate surface area is 378 Å². The van der Waals surface area contributed by atoms with Crippen LogP contribution in [0.4, 0.5) is 17.1 Å². The van der Waals surface area contributed by atoms with Gasteiger partial charge in [0, 0.05) is 106 Å². The minimum absolute atomic E-state index is 0.0217. The number of benzene rings is 3. The van der Waals surface area contributed by atoms with Gasteiger partial charge in [0.2, 0.25) is 0 Å². The summed E-state index contributed by atoms with van der Waals surface area (Å²) in [7, 11) is -2.49. The van der Waals surface area contributed by atoms with E-state index in [1.807, 2.05) is 18.2 Å². The number of nitro benzene ring substituents is 1. The molecule has 0 saturated carbocycles. The maximum absolute atomic E-state index is 14.1. The highest BCUT2D eigenvalue weighted by atomic mass is 35.5. The Morgan fingerprint density at radius 1 is 0.984 bits per heavy atom. The molecule has 15 nitrogen and oxygen atoms in total. The van der Waals surface area contributed by atoms with Crippen LogP contribution in [0.25, 0.3) is 16.6 Å². The van der Waals surface area contributed by atoms with Gasteiger partial charge in [0.05, 0.1) is 21.6 Å². The summed E-state index contributed by atoms with van der Waals surface area (Å²) >= 11 is 6.25. The Morgan fingerprint density at radius 2 is 1.73 bits per heavy atom. The third-order valence-corrected chi connectivity index (χ3v) is 14.7. The third-order valence-electron chi connectivity index (χ3n) is 13.1. The number of carbonyl (C=O) groups excluding carboxylic acids is 1. The van der Waals surface area contributed by atoms with E-state index in [0.717, 1.165) is 100 Å². The van der Waals surface area contributed by atoms with E-state index < -0.39 is 20.9 Å². The zero-order valence-electron chi connectivity index (χ0n) is 36.4. The number of H-pyrrole nitrogens is 1.